The Balaban J connectivity index is 0.878. The van der Waals surface area contributed by atoms with Crippen LogP contribution in [0.3, 0.4) is 0 Å². The fourth-order valence-corrected chi connectivity index (χ4v) is 9.79. The fourth-order valence-electron chi connectivity index (χ4n) is 9.03. The van der Waals surface area contributed by atoms with Crippen LogP contribution >= 0.6 is 0 Å². The second-order valence-electron chi connectivity index (χ2n) is 18.1. The van der Waals surface area contributed by atoms with Gasteiger partial charge >= 0.3 is 0 Å². The van der Waals surface area contributed by atoms with Crippen LogP contribution in [0.4, 0.5) is 5.82 Å². The van der Waals surface area contributed by atoms with E-state index >= 15 is 0 Å². The van der Waals surface area contributed by atoms with Gasteiger partial charge in [0.1, 0.15) is 24.1 Å². The molecule has 0 saturated carbocycles. The molecule has 4 aromatic heterocycles. The summed E-state index contributed by atoms with van der Waals surface area (Å²) < 4.78 is 9.85. The minimum Gasteiger partial charge on any atom is -0.363 e. The SMILES string of the molecule is CCc1nc(-c2cccc3cc(-c4cnc5c(NC/C=C/c6cccc7c6CN(C6CCC(=O)N(COCC[Si](C)(C)C)C6=O)C7=O)nn(C)c5c4)ncc23)c2n1CCN(C(C)=O)C2. The highest BCUT2D eigenvalue weighted by molar-refractivity contribution is 6.76. The average Bonchev–Trinajstić information content (AvgIpc) is 3.93. The van der Waals surface area contributed by atoms with Crippen molar-refractivity contribution in [2.24, 2.45) is 7.05 Å². The molecule has 0 radical (unpaired) electrons. The molecule has 0 spiro atoms. The molecule has 2 aromatic carbocycles. The molecule has 16 heteroatoms. The number of nitrogens with one attached hydrogen (secondary N) is 1. The van der Waals surface area contributed by atoms with Crippen LogP contribution in [-0.2, 0) is 52.2 Å². The summed E-state index contributed by atoms with van der Waals surface area (Å²) in [5, 5.41) is 10.2. The molecular formula is C48H54N10O5Si. The number of rotatable bonds is 13. The highest BCUT2D eigenvalue weighted by Gasteiger charge is 2.43. The van der Waals surface area contributed by atoms with Crippen LogP contribution in [0.1, 0.15) is 59.7 Å². The third-order valence-corrected chi connectivity index (χ3v) is 14.4. The van der Waals surface area contributed by atoms with Crippen molar-refractivity contribution in [3.05, 3.63) is 95.2 Å². The Morgan fingerprint density at radius 3 is 2.61 bits per heavy atom. The number of imide groups is 1. The third kappa shape index (κ3) is 8.11. The van der Waals surface area contributed by atoms with Gasteiger partial charge in [0.25, 0.3) is 11.8 Å². The molecule has 0 aliphatic carbocycles. The molecule has 330 valence electrons. The van der Waals surface area contributed by atoms with E-state index in [9.17, 15) is 19.2 Å². The molecule has 1 N–H and O–H groups in total. The minimum atomic E-state index is -1.33. The Labute approximate surface area is 373 Å². The molecule has 3 aliphatic rings. The van der Waals surface area contributed by atoms with Gasteiger partial charge in [-0.25, -0.2) is 9.97 Å². The van der Waals surface area contributed by atoms with Crippen LogP contribution in [0.15, 0.2) is 67.0 Å². The molecule has 6 aromatic rings. The highest BCUT2D eigenvalue weighted by Crippen LogP contribution is 2.36. The Bertz CT molecular complexity index is 2880. The summed E-state index contributed by atoms with van der Waals surface area (Å²) in [6, 6.07) is 16.2. The summed E-state index contributed by atoms with van der Waals surface area (Å²) in [7, 11) is 0.561. The number of amides is 4. The number of piperidine rings is 1. The maximum Gasteiger partial charge on any atom is 0.255 e. The molecule has 3 aliphatic heterocycles. The largest absolute Gasteiger partial charge is 0.363 e. The minimum absolute atomic E-state index is 0.0664. The first-order chi connectivity index (χ1) is 30.8. The fraction of sp³-hybridized carbons (Fsp3) is 0.375. The number of carbonyl (C=O) groups excluding carboxylic acids is 4. The highest BCUT2D eigenvalue weighted by atomic mass is 28.3. The van der Waals surface area contributed by atoms with Gasteiger partial charge in [-0.05, 0) is 47.2 Å². The van der Waals surface area contributed by atoms with E-state index in [4.69, 9.17) is 24.8 Å². The number of imidazole rings is 1. The van der Waals surface area contributed by atoms with Crippen molar-refractivity contribution < 1.29 is 23.9 Å². The molecule has 0 bridgehead atoms. The van der Waals surface area contributed by atoms with Crippen molar-refractivity contribution in [1.82, 2.24) is 44.0 Å². The summed E-state index contributed by atoms with van der Waals surface area (Å²) in [6.07, 6.45) is 8.98. The topological polar surface area (TPSA) is 161 Å². The maximum absolute atomic E-state index is 13.7. The zero-order valence-electron chi connectivity index (χ0n) is 37.3. The summed E-state index contributed by atoms with van der Waals surface area (Å²) >= 11 is 0. The molecule has 64 heavy (non-hydrogen) atoms. The quantitative estimate of drug-likeness (QED) is 0.0736. The number of aryl methyl sites for hydroxylation is 2. The number of carbonyl (C=O) groups is 4. The molecule has 7 heterocycles. The van der Waals surface area contributed by atoms with Gasteiger partial charge in [-0.1, -0.05) is 69.0 Å². The van der Waals surface area contributed by atoms with Gasteiger partial charge in [0.05, 0.1) is 29.1 Å². The number of nitrogens with zero attached hydrogens (tertiary/aromatic N) is 9. The van der Waals surface area contributed by atoms with E-state index in [2.05, 4.69) is 54.6 Å². The number of benzene rings is 2. The van der Waals surface area contributed by atoms with E-state index in [-0.39, 0.29) is 43.3 Å². The normalized spacial score (nSPS) is 16.8. The molecule has 15 nitrogen and oxygen atoms in total. The zero-order valence-corrected chi connectivity index (χ0v) is 38.3. The average molecular weight is 879 g/mol. The number of pyridine rings is 2. The van der Waals surface area contributed by atoms with Gasteiger partial charge in [0, 0.05) is 102 Å². The van der Waals surface area contributed by atoms with Gasteiger partial charge in [-0.3, -0.25) is 33.7 Å². The van der Waals surface area contributed by atoms with Crippen LogP contribution in [0.25, 0.3) is 50.4 Å². The molecule has 1 saturated heterocycles. The zero-order chi connectivity index (χ0) is 44.9. The van der Waals surface area contributed by atoms with Crippen molar-refractivity contribution >= 4 is 65.4 Å². The summed E-state index contributed by atoms with van der Waals surface area (Å²) in [4.78, 5) is 71.8. The lowest BCUT2D eigenvalue weighted by atomic mass is 10.0. The van der Waals surface area contributed by atoms with Crippen LogP contribution in [0.2, 0.25) is 25.7 Å². The number of likely N-dealkylation sites (tertiary alicyclic amines) is 1. The van der Waals surface area contributed by atoms with Gasteiger partial charge < -0.3 is 24.4 Å². The van der Waals surface area contributed by atoms with Crippen LogP contribution in [0, 0.1) is 0 Å². The van der Waals surface area contributed by atoms with Crippen LogP contribution in [-0.4, -0.2) is 108 Å². The van der Waals surface area contributed by atoms with E-state index in [0.29, 0.717) is 44.0 Å². The lowest BCUT2D eigenvalue weighted by Crippen LogP contribution is -2.55. The van der Waals surface area contributed by atoms with Gasteiger partial charge in [0.2, 0.25) is 11.8 Å². The van der Waals surface area contributed by atoms with Crippen molar-refractivity contribution in [2.45, 2.75) is 84.5 Å². The molecule has 1 fully saturated rings. The van der Waals surface area contributed by atoms with E-state index < -0.39 is 14.1 Å². The summed E-state index contributed by atoms with van der Waals surface area (Å²) in [6.45, 7) is 13.6. The lowest BCUT2D eigenvalue weighted by Gasteiger charge is -2.35. The van der Waals surface area contributed by atoms with Crippen molar-refractivity contribution in [3.63, 3.8) is 0 Å². The Kier molecular flexibility index (Phi) is 11.5. The summed E-state index contributed by atoms with van der Waals surface area (Å²) in [5.74, 6) is 0.889. The third-order valence-electron chi connectivity index (χ3n) is 12.6. The first-order valence-corrected chi connectivity index (χ1v) is 25.8. The molecule has 1 unspecified atom stereocenters. The predicted octanol–water partition coefficient (Wildman–Crippen LogP) is 6.88. The smallest absolute Gasteiger partial charge is 0.255 e. The number of anilines is 1. The number of fused-ring (bicyclic) bond motifs is 4. The number of ether oxygens (including phenoxy) is 1. The number of aromatic nitrogens is 6. The second-order valence-corrected chi connectivity index (χ2v) is 23.7. The maximum atomic E-state index is 13.7. The van der Waals surface area contributed by atoms with E-state index in [1.807, 2.05) is 60.8 Å². The van der Waals surface area contributed by atoms with Crippen molar-refractivity contribution in [3.8, 4) is 22.5 Å². The first-order valence-electron chi connectivity index (χ1n) is 22.1. The van der Waals surface area contributed by atoms with Crippen molar-refractivity contribution in [2.75, 3.05) is 31.7 Å². The summed E-state index contributed by atoms with van der Waals surface area (Å²) in [5.41, 5.74) is 8.50. The molecular weight excluding hydrogens is 825 g/mol. The van der Waals surface area contributed by atoms with Crippen LogP contribution in [0.5, 0.6) is 0 Å². The molecule has 1 atom stereocenters. The van der Waals surface area contributed by atoms with E-state index in [1.54, 1.807) is 22.6 Å². The monoisotopic (exact) mass is 878 g/mol. The number of hydrogen-bond donors (Lipinski definition) is 1. The first kappa shape index (κ1) is 42.8. The van der Waals surface area contributed by atoms with Gasteiger partial charge in [-0.15, -0.1) is 0 Å². The Hall–Kier alpha value is -6.52. The van der Waals surface area contributed by atoms with Gasteiger partial charge in [-0.2, -0.15) is 5.10 Å². The van der Waals surface area contributed by atoms with E-state index in [1.165, 1.54) is 4.90 Å². The molecule has 9 rings (SSSR count). The number of hydrogen-bond acceptors (Lipinski definition) is 10. The van der Waals surface area contributed by atoms with Crippen LogP contribution < -0.4 is 5.32 Å². The standard InChI is InChI=1S/C48H54N10O5Si/c1-7-42-52-44(41-28-55(30(2)59)19-20-56(41)42)34-14-9-12-32-23-38(50-26-36(32)34)33-24-40-45(51-25-33)46(53-54(40)3)49-18-10-13-31-11-8-15-35-37(31)27-57(47(35)61)39-16-17-43(60)58(48(39)62)29-63-21-22-64(4,5)6/h8-15,23-26,39H,7,16-22,27-29H2,1-6H3,(H,49,53)/b13-10+. The second kappa shape index (κ2) is 17.2. The Morgan fingerprint density at radius 1 is 1.00 bits per heavy atom. The van der Waals surface area contributed by atoms with E-state index in [0.717, 1.165) is 86.0 Å². The Morgan fingerprint density at radius 2 is 1.81 bits per heavy atom. The molecule has 4 amide bonds. The van der Waals surface area contributed by atoms with Gasteiger partial charge in [0.15, 0.2) is 5.82 Å². The lowest BCUT2D eigenvalue weighted by molar-refractivity contribution is -0.158. The predicted molar refractivity (Wildman–Crippen MR) is 249 cm³/mol. The van der Waals surface area contributed by atoms with Crippen molar-refractivity contribution in [1.29, 1.82) is 0 Å².